The zero-order valence-corrected chi connectivity index (χ0v) is 14.7. The smallest absolute Gasteiger partial charge is 0.288 e. The topological polar surface area (TPSA) is 93.2 Å². The number of pyridine rings is 1. The SMILES string of the molecule is Cc1nc(COc2ccc(C(=O)NNC(=O)c3ccccn3)cc2)cs1. The summed E-state index contributed by atoms with van der Waals surface area (Å²) in [5.74, 6) is -0.293. The van der Waals surface area contributed by atoms with Gasteiger partial charge < -0.3 is 4.74 Å². The van der Waals surface area contributed by atoms with Gasteiger partial charge in [-0.1, -0.05) is 6.07 Å². The third-order valence-electron chi connectivity index (χ3n) is 3.36. The van der Waals surface area contributed by atoms with Crippen LogP contribution in [0.3, 0.4) is 0 Å². The predicted molar refractivity (Wildman–Crippen MR) is 96.8 cm³/mol. The van der Waals surface area contributed by atoms with Gasteiger partial charge in [-0.3, -0.25) is 25.4 Å². The maximum atomic E-state index is 12.1. The van der Waals surface area contributed by atoms with Crippen LogP contribution in [0.25, 0.3) is 0 Å². The standard InChI is InChI=1S/C18H16N4O3S/c1-12-20-14(11-26-12)10-25-15-7-5-13(6-8-15)17(23)21-22-18(24)16-4-2-3-9-19-16/h2-9,11H,10H2,1H3,(H,21,23)(H,22,24). The largest absolute Gasteiger partial charge is 0.487 e. The minimum Gasteiger partial charge on any atom is -0.487 e. The molecular weight excluding hydrogens is 352 g/mol. The molecule has 3 aromatic rings. The number of carbonyl (C=O) groups excluding carboxylic acids is 2. The first kappa shape index (κ1) is 17.6. The highest BCUT2D eigenvalue weighted by atomic mass is 32.1. The summed E-state index contributed by atoms with van der Waals surface area (Å²) in [6.45, 7) is 2.31. The molecule has 0 saturated carbocycles. The second-order valence-corrected chi connectivity index (χ2v) is 6.36. The molecule has 1 aromatic carbocycles. The summed E-state index contributed by atoms with van der Waals surface area (Å²) in [7, 11) is 0. The van der Waals surface area contributed by atoms with Crippen molar-refractivity contribution in [2.45, 2.75) is 13.5 Å². The van der Waals surface area contributed by atoms with E-state index < -0.39 is 11.8 Å². The van der Waals surface area contributed by atoms with Gasteiger partial charge in [-0.05, 0) is 43.3 Å². The van der Waals surface area contributed by atoms with Crippen LogP contribution in [-0.4, -0.2) is 21.8 Å². The summed E-state index contributed by atoms with van der Waals surface area (Å²) in [5.41, 5.74) is 6.15. The Kier molecular flexibility index (Phi) is 5.55. The fraction of sp³-hybridized carbons (Fsp3) is 0.111. The zero-order chi connectivity index (χ0) is 18.4. The van der Waals surface area contributed by atoms with Crippen LogP contribution in [0.5, 0.6) is 5.75 Å². The lowest BCUT2D eigenvalue weighted by Crippen LogP contribution is -2.41. The molecule has 0 radical (unpaired) electrons. The Labute approximate surface area is 154 Å². The van der Waals surface area contributed by atoms with Crippen molar-refractivity contribution >= 4 is 23.2 Å². The number of hydrazine groups is 1. The van der Waals surface area contributed by atoms with E-state index in [2.05, 4.69) is 20.8 Å². The van der Waals surface area contributed by atoms with Crippen molar-refractivity contribution < 1.29 is 14.3 Å². The number of nitrogens with zero attached hydrogens (tertiary/aromatic N) is 2. The van der Waals surface area contributed by atoms with Crippen LogP contribution in [0.4, 0.5) is 0 Å². The number of rotatable bonds is 5. The summed E-state index contributed by atoms with van der Waals surface area (Å²) in [6, 6.07) is 11.6. The number of nitrogens with one attached hydrogen (secondary N) is 2. The number of hydrogen-bond donors (Lipinski definition) is 2. The Bertz CT molecular complexity index is 894. The van der Waals surface area contributed by atoms with Gasteiger partial charge in [-0.2, -0.15) is 0 Å². The van der Waals surface area contributed by atoms with Crippen LogP contribution in [0, 0.1) is 6.92 Å². The summed E-state index contributed by atoms with van der Waals surface area (Å²) >= 11 is 1.57. The van der Waals surface area contributed by atoms with Gasteiger partial charge in [-0.15, -0.1) is 11.3 Å². The first-order valence-corrected chi connectivity index (χ1v) is 8.65. The minimum atomic E-state index is -0.488. The third kappa shape index (κ3) is 4.64. The normalized spacial score (nSPS) is 10.2. The number of aromatic nitrogens is 2. The Balaban J connectivity index is 1.51. The Hall–Kier alpha value is -3.26. The van der Waals surface area contributed by atoms with E-state index in [1.54, 1.807) is 53.8 Å². The van der Waals surface area contributed by atoms with E-state index in [0.717, 1.165) is 10.7 Å². The maximum Gasteiger partial charge on any atom is 0.288 e. The molecule has 0 spiro atoms. The maximum absolute atomic E-state index is 12.1. The molecule has 0 aliphatic rings. The molecular formula is C18H16N4O3S. The fourth-order valence-electron chi connectivity index (χ4n) is 2.08. The highest BCUT2D eigenvalue weighted by molar-refractivity contribution is 7.09. The minimum absolute atomic E-state index is 0.217. The van der Waals surface area contributed by atoms with E-state index in [9.17, 15) is 9.59 Å². The lowest BCUT2D eigenvalue weighted by molar-refractivity contribution is 0.0844. The fourth-order valence-corrected chi connectivity index (χ4v) is 2.68. The van der Waals surface area contributed by atoms with Gasteiger partial charge in [0.2, 0.25) is 0 Å². The van der Waals surface area contributed by atoms with E-state index in [-0.39, 0.29) is 5.69 Å². The molecule has 26 heavy (non-hydrogen) atoms. The molecule has 2 amide bonds. The molecule has 2 aromatic heterocycles. The van der Waals surface area contributed by atoms with E-state index in [4.69, 9.17) is 4.74 Å². The van der Waals surface area contributed by atoms with Gasteiger partial charge in [0.15, 0.2) is 0 Å². The Morgan fingerprint density at radius 3 is 2.50 bits per heavy atom. The van der Waals surface area contributed by atoms with Crippen LogP contribution in [0.15, 0.2) is 54.0 Å². The molecule has 7 nitrogen and oxygen atoms in total. The van der Waals surface area contributed by atoms with Gasteiger partial charge in [0.05, 0.1) is 10.7 Å². The summed E-state index contributed by atoms with van der Waals surface area (Å²) in [6.07, 6.45) is 1.50. The van der Waals surface area contributed by atoms with Gasteiger partial charge >= 0.3 is 0 Å². The molecule has 2 N–H and O–H groups in total. The van der Waals surface area contributed by atoms with Gasteiger partial charge in [-0.25, -0.2) is 4.98 Å². The molecule has 0 aliphatic heterocycles. The molecule has 3 rings (SSSR count). The van der Waals surface area contributed by atoms with Crippen molar-refractivity contribution in [1.82, 2.24) is 20.8 Å². The molecule has 8 heteroatoms. The van der Waals surface area contributed by atoms with Crippen molar-refractivity contribution in [2.24, 2.45) is 0 Å². The average Bonchev–Trinajstić information content (AvgIpc) is 3.10. The molecule has 0 fully saturated rings. The molecule has 132 valence electrons. The van der Waals surface area contributed by atoms with E-state index >= 15 is 0 Å². The second-order valence-electron chi connectivity index (χ2n) is 5.29. The van der Waals surface area contributed by atoms with E-state index in [1.165, 1.54) is 6.20 Å². The Morgan fingerprint density at radius 2 is 1.85 bits per heavy atom. The van der Waals surface area contributed by atoms with Crippen molar-refractivity contribution in [3.8, 4) is 5.75 Å². The predicted octanol–water partition coefficient (Wildman–Crippen LogP) is 2.50. The van der Waals surface area contributed by atoms with Crippen LogP contribution in [0.1, 0.15) is 31.5 Å². The monoisotopic (exact) mass is 368 g/mol. The number of benzene rings is 1. The lowest BCUT2D eigenvalue weighted by atomic mass is 10.2. The summed E-state index contributed by atoms with van der Waals surface area (Å²) in [4.78, 5) is 32.1. The first-order chi connectivity index (χ1) is 12.6. The number of thiazole rings is 1. The molecule has 0 aliphatic carbocycles. The van der Waals surface area contributed by atoms with Crippen LogP contribution in [-0.2, 0) is 6.61 Å². The summed E-state index contributed by atoms with van der Waals surface area (Å²) < 4.78 is 5.63. The van der Waals surface area contributed by atoms with Crippen LogP contribution < -0.4 is 15.6 Å². The Morgan fingerprint density at radius 1 is 1.08 bits per heavy atom. The number of ether oxygens (including phenoxy) is 1. The first-order valence-electron chi connectivity index (χ1n) is 7.77. The molecule has 0 bridgehead atoms. The van der Waals surface area contributed by atoms with Gasteiger partial charge in [0.25, 0.3) is 11.8 Å². The van der Waals surface area contributed by atoms with Gasteiger partial charge in [0, 0.05) is 17.1 Å². The van der Waals surface area contributed by atoms with Crippen molar-refractivity contribution in [3.63, 3.8) is 0 Å². The second kappa shape index (κ2) is 8.21. The number of aryl methyl sites for hydroxylation is 1. The number of amides is 2. The molecule has 0 unspecified atom stereocenters. The molecule has 2 heterocycles. The van der Waals surface area contributed by atoms with E-state index in [1.807, 2.05) is 12.3 Å². The van der Waals surface area contributed by atoms with Crippen molar-refractivity contribution in [1.29, 1.82) is 0 Å². The number of carbonyl (C=O) groups is 2. The molecule has 0 atom stereocenters. The highest BCUT2D eigenvalue weighted by Crippen LogP contribution is 2.15. The lowest BCUT2D eigenvalue weighted by Gasteiger charge is -2.08. The quantitative estimate of drug-likeness (QED) is 0.675. The zero-order valence-electron chi connectivity index (χ0n) is 13.9. The molecule has 0 saturated heterocycles. The van der Waals surface area contributed by atoms with Gasteiger partial charge in [0.1, 0.15) is 18.1 Å². The van der Waals surface area contributed by atoms with Crippen molar-refractivity contribution in [2.75, 3.05) is 0 Å². The van der Waals surface area contributed by atoms with E-state index in [0.29, 0.717) is 17.9 Å². The van der Waals surface area contributed by atoms with Crippen molar-refractivity contribution in [3.05, 3.63) is 76.0 Å². The summed E-state index contributed by atoms with van der Waals surface area (Å²) in [5, 5.41) is 2.94. The van der Waals surface area contributed by atoms with Crippen LogP contribution >= 0.6 is 11.3 Å². The number of hydrogen-bond acceptors (Lipinski definition) is 6. The highest BCUT2D eigenvalue weighted by Gasteiger charge is 2.10. The third-order valence-corrected chi connectivity index (χ3v) is 4.18. The van der Waals surface area contributed by atoms with Crippen LogP contribution in [0.2, 0.25) is 0 Å². The average molecular weight is 368 g/mol.